The molecule has 0 spiro atoms. The number of carboxylic acids is 1. The maximum atomic E-state index is 12.9. The Bertz CT molecular complexity index is 473. The van der Waals surface area contributed by atoms with Gasteiger partial charge in [-0.05, 0) is 0 Å². The van der Waals surface area contributed by atoms with Gasteiger partial charge in [-0.15, -0.1) is 13.2 Å². The first kappa shape index (κ1) is 14.1. The van der Waals surface area contributed by atoms with Crippen LogP contribution in [0.3, 0.4) is 0 Å². The Morgan fingerprint density at radius 1 is 1.39 bits per heavy atom. The van der Waals surface area contributed by atoms with Crippen LogP contribution in [-0.4, -0.2) is 22.4 Å². The zero-order chi connectivity index (χ0) is 14.1. The van der Waals surface area contributed by atoms with E-state index in [1.165, 1.54) is 0 Å². The van der Waals surface area contributed by atoms with Crippen molar-refractivity contribution >= 4 is 5.97 Å². The molecule has 1 aromatic rings. The molecule has 4 nitrogen and oxygen atoms in total. The summed E-state index contributed by atoms with van der Waals surface area (Å²) in [6.07, 6.45) is -8.95. The van der Waals surface area contributed by atoms with Gasteiger partial charge >= 0.3 is 12.3 Å². The monoisotopic (exact) mass is 275 g/mol. The lowest BCUT2D eigenvalue weighted by molar-refractivity contribution is -0.276. The number of carboxylic acid groups (broad SMARTS) is 1. The van der Waals surface area contributed by atoms with E-state index in [-0.39, 0.29) is 6.20 Å². The number of halogens is 6. The Hall–Kier alpha value is -2.00. The summed E-state index contributed by atoms with van der Waals surface area (Å²) in [5.41, 5.74) is -2.99. The Labute approximate surface area is 94.8 Å². The van der Waals surface area contributed by atoms with Crippen LogP contribution in [-0.2, 0) is 0 Å². The molecule has 18 heavy (non-hydrogen) atoms. The van der Waals surface area contributed by atoms with Crippen LogP contribution in [0.25, 0.3) is 0 Å². The lowest BCUT2D eigenvalue weighted by Crippen LogP contribution is -2.21. The van der Waals surface area contributed by atoms with Gasteiger partial charge in [-0.25, -0.2) is 18.6 Å². The van der Waals surface area contributed by atoms with Crippen molar-refractivity contribution in [3.63, 3.8) is 0 Å². The standard InChI is InChI=1S/C8H3F6NO3/c9-5(10)3-2(7(16)17)1-15-6(11)4(3)18-8(12,13)14/h1,5H,(H,16,17). The molecule has 0 amide bonds. The van der Waals surface area contributed by atoms with E-state index in [9.17, 15) is 31.1 Å². The van der Waals surface area contributed by atoms with Crippen LogP contribution in [0, 0.1) is 5.95 Å². The van der Waals surface area contributed by atoms with Gasteiger partial charge in [-0.3, -0.25) is 0 Å². The van der Waals surface area contributed by atoms with E-state index in [2.05, 4.69) is 9.72 Å². The molecule has 0 radical (unpaired) electrons. The maximum absolute atomic E-state index is 12.9. The summed E-state index contributed by atoms with van der Waals surface area (Å²) >= 11 is 0. The van der Waals surface area contributed by atoms with Crippen LogP contribution in [0.1, 0.15) is 22.3 Å². The second-order valence-electron chi connectivity index (χ2n) is 2.86. The molecular weight excluding hydrogens is 272 g/mol. The van der Waals surface area contributed by atoms with Crippen molar-refractivity contribution < 1.29 is 41.0 Å². The molecule has 1 rings (SSSR count). The third kappa shape index (κ3) is 3.02. The first-order valence-electron chi connectivity index (χ1n) is 4.09. The van der Waals surface area contributed by atoms with Crippen LogP contribution < -0.4 is 4.74 Å². The molecule has 0 aliphatic heterocycles. The SMILES string of the molecule is O=C(O)c1cnc(F)c(OC(F)(F)F)c1C(F)F. The smallest absolute Gasteiger partial charge is 0.478 e. The molecule has 10 heteroatoms. The van der Waals surface area contributed by atoms with E-state index in [0.717, 1.165) is 0 Å². The molecule has 0 fully saturated rings. The van der Waals surface area contributed by atoms with Gasteiger partial charge in [0.2, 0.25) is 0 Å². The molecule has 0 unspecified atom stereocenters. The molecule has 1 heterocycles. The highest BCUT2D eigenvalue weighted by atomic mass is 19.4. The fraction of sp³-hybridized carbons (Fsp3) is 0.250. The van der Waals surface area contributed by atoms with Crippen LogP contribution >= 0.6 is 0 Å². The summed E-state index contributed by atoms with van der Waals surface area (Å²) in [7, 11) is 0. The summed E-state index contributed by atoms with van der Waals surface area (Å²) in [5.74, 6) is -5.91. The Balaban J connectivity index is 3.46. The topological polar surface area (TPSA) is 59.4 Å². The van der Waals surface area contributed by atoms with Crippen LogP contribution in [0.15, 0.2) is 6.20 Å². The van der Waals surface area contributed by atoms with Gasteiger partial charge in [0.1, 0.15) is 0 Å². The summed E-state index contributed by atoms with van der Waals surface area (Å²) in [6.45, 7) is 0. The predicted molar refractivity (Wildman–Crippen MR) is 42.8 cm³/mol. The molecule has 100 valence electrons. The Morgan fingerprint density at radius 3 is 2.33 bits per heavy atom. The molecule has 0 aliphatic carbocycles. The van der Waals surface area contributed by atoms with Gasteiger partial charge in [-0.1, -0.05) is 0 Å². The van der Waals surface area contributed by atoms with Crippen molar-refractivity contribution in [2.45, 2.75) is 12.8 Å². The number of ether oxygens (including phenoxy) is 1. The largest absolute Gasteiger partial charge is 0.573 e. The zero-order valence-corrected chi connectivity index (χ0v) is 8.13. The highest BCUT2D eigenvalue weighted by Gasteiger charge is 2.37. The van der Waals surface area contributed by atoms with Crippen molar-refractivity contribution in [2.24, 2.45) is 0 Å². The van der Waals surface area contributed by atoms with Gasteiger partial charge in [0.05, 0.1) is 11.1 Å². The zero-order valence-electron chi connectivity index (χ0n) is 8.13. The normalized spacial score (nSPS) is 11.7. The summed E-state index contributed by atoms with van der Waals surface area (Å²) < 4.78 is 76.6. The van der Waals surface area contributed by atoms with E-state index in [1.54, 1.807) is 0 Å². The number of pyridine rings is 1. The number of hydrogen-bond acceptors (Lipinski definition) is 3. The van der Waals surface area contributed by atoms with Gasteiger partial charge in [-0.2, -0.15) is 4.39 Å². The first-order valence-corrected chi connectivity index (χ1v) is 4.09. The van der Waals surface area contributed by atoms with Crippen molar-refractivity contribution in [3.8, 4) is 5.75 Å². The third-order valence-electron chi connectivity index (χ3n) is 1.70. The van der Waals surface area contributed by atoms with E-state index in [0.29, 0.717) is 0 Å². The lowest BCUT2D eigenvalue weighted by Gasteiger charge is -2.14. The summed E-state index contributed by atoms with van der Waals surface area (Å²) in [5, 5.41) is 8.50. The Kier molecular flexibility index (Phi) is 3.67. The summed E-state index contributed by atoms with van der Waals surface area (Å²) in [6, 6.07) is 0. The number of alkyl halides is 5. The molecule has 0 aromatic carbocycles. The first-order chi connectivity index (χ1) is 8.13. The Morgan fingerprint density at radius 2 is 1.94 bits per heavy atom. The van der Waals surface area contributed by atoms with Crippen molar-refractivity contribution in [1.82, 2.24) is 4.98 Å². The minimum absolute atomic E-state index is 0.183. The average molecular weight is 275 g/mol. The van der Waals surface area contributed by atoms with Crippen LogP contribution in [0.4, 0.5) is 26.3 Å². The maximum Gasteiger partial charge on any atom is 0.573 e. The van der Waals surface area contributed by atoms with E-state index in [4.69, 9.17) is 5.11 Å². The van der Waals surface area contributed by atoms with Gasteiger partial charge < -0.3 is 9.84 Å². The lowest BCUT2D eigenvalue weighted by atomic mass is 10.1. The van der Waals surface area contributed by atoms with E-state index in [1.807, 2.05) is 0 Å². The third-order valence-corrected chi connectivity index (χ3v) is 1.70. The highest BCUT2D eigenvalue weighted by molar-refractivity contribution is 5.89. The van der Waals surface area contributed by atoms with E-state index >= 15 is 0 Å². The molecule has 0 saturated carbocycles. The average Bonchev–Trinajstić information content (AvgIpc) is 2.17. The molecule has 0 saturated heterocycles. The quantitative estimate of drug-likeness (QED) is 0.680. The van der Waals surface area contributed by atoms with Gasteiger partial charge in [0.15, 0.2) is 5.75 Å². The fourth-order valence-electron chi connectivity index (χ4n) is 1.08. The molecule has 0 bridgehead atoms. The second kappa shape index (κ2) is 4.70. The number of rotatable bonds is 3. The molecule has 1 N–H and O–H groups in total. The number of nitrogens with zero attached hydrogens (tertiary/aromatic N) is 1. The minimum Gasteiger partial charge on any atom is -0.478 e. The molecule has 0 atom stereocenters. The van der Waals surface area contributed by atoms with E-state index < -0.39 is 41.6 Å². The van der Waals surface area contributed by atoms with Crippen molar-refractivity contribution in [2.75, 3.05) is 0 Å². The van der Waals surface area contributed by atoms with Crippen molar-refractivity contribution in [3.05, 3.63) is 23.3 Å². The number of hydrogen-bond donors (Lipinski definition) is 1. The summed E-state index contributed by atoms with van der Waals surface area (Å²) in [4.78, 5) is 13.1. The number of aromatic carboxylic acids is 1. The second-order valence-corrected chi connectivity index (χ2v) is 2.86. The predicted octanol–water partition coefficient (Wildman–Crippen LogP) is 2.76. The minimum atomic E-state index is -5.46. The van der Waals surface area contributed by atoms with Gasteiger partial charge in [0, 0.05) is 6.20 Å². The molecule has 0 aliphatic rings. The number of carbonyl (C=O) groups is 1. The highest BCUT2D eigenvalue weighted by Crippen LogP contribution is 2.36. The molecular formula is C8H3F6NO3. The van der Waals surface area contributed by atoms with Crippen LogP contribution in [0.2, 0.25) is 0 Å². The fourth-order valence-corrected chi connectivity index (χ4v) is 1.08. The van der Waals surface area contributed by atoms with Crippen LogP contribution in [0.5, 0.6) is 5.75 Å². The number of aromatic nitrogens is 1. The van der Waals surface area contributed by atoms with Gasteiger partial charge in [0.25, 0.3) is 12.4 Å². The molecule has 1 aromatic heterocycles. The van der Waals surface area contributed by atoms with Crippen molar-refractivity contribution in [1.29, 1.82) is 0 Å².